The molecule has 1 amide bonds. The number of nitrogen functional groups attached to an aromatic ring is 1. The zero-order chi connectivity index (χ0) is 17.0. The molecule has 5 nitrogen and oxygen atoms in total. The third kappa shape index (κ3) is 4.94. The van der Waals surface area contributed by atoms with Crippen molar-refractivity contribution in [2.24, 2.45) is 0 Å². The molecule has 1 aromatic carbocycles. The van der Waals surface area contributed by atoms with Crippen LogP contribution in [0, 0.1) is 0 Å². The SMILES string of the molecule is CC(C)(O)CN(Cc1ccccc1)C(=O)c1cnc(N)c(Cl)c1. The number of anilines is 1. The summed E-state index contributed by atoms with van der Waals surface area (Å²) >= 11 is 5.95. The van der Waals surface area contributed by atoms with Crippen molar-refractivity contribution in [3.63, 3.8) is 0 Å². The zero-order valence-corrected chi connectivity index (χ0v) is 13.9. The maximum Gasteiger partial charge on any atom is 0.255 e. The standard InChI is InChI=1S/C17H20ClN3O2/c1-17(2,23)11-21(10-12-6-4-3-5-7-12)16(22)13-8-14(18)15(19)20-9-13/h3-9,23H,10-11H2,1-2H3,(H2,19,20). The van der Waals surface area contributed by atoms with E-state index in [-0.39, 0.29) is 23.3 Å². The van der Waals surface area contributed by atoms with Crippen LogP contribution in [-0.4, -0.2) is 33.0 Å². The summed E-state index contributed by atoms with van der Waals surface area (Å²) in [4.78, 5) is 18.3. The molecule has 6 heteroatoms. The van der Waals surface area contributed by atoms with Gasteiger partial charge in [-0.15, -0.1) is 0 Å². The molecule has 0 aliphatic rings. The highest BCUT2D eigenvalue weighted by atomic mass is 35.5. The van der Waals surface area contributed by atoms with Gasteiger partial charge in [-0.1, -0.05) is 41.9 Å². The number of hydrogen-bond acceptors (Lipinski definition) is 4. The van der Waals surface area contributed by atoms with Crippen LogP contribution in [0.2, 0.25) is 5.02 Å². The number of aromatic nitrogens is 1. The highest BCUT2D eigenvalue weighted by Crippen LogP contribution is 2.20. The van der Waals surface area contributed by atoms with Crippen molar-refractivity contribution in [3.05, 3.63) is 58.7 Å². The molecule has 2 rings (SSSR count). The Hall–Kier alpha value is -2.11. The summed E-state index contributed by atoms with van der Waals surface area (Å²) in [5.41, 5.74) is 5.87. The number of pyridine rings is 1. The number of hydrogen-bond donors (Lipinski definition) is 2. The van der Waals surface area contributed by atoms with Gasteiger partial charge < -0.3 is 15.7 Å². The number of carbonyl (C=O) groups excluding carboxylic acids is 1. The molecule has 2 aromatic rings. The minimum Gasteiger partial charge on any atom is -0.389 e. The molecular weight excluding hydrogens is 314 g/mol. The molecule has 0 saturated carbocycles. The Labute approximate surface area is 140 Å². The summed E-state index contributed by atoms with van der Waals surface area (Å²) in [6, 6.07) is 11.1. The topological polar surface area (TPSA) is 79.5 Å². The molecule has 0 atom stereocenters. The van der Waals surface area contributed by atoms with E-state index >= 15 is 0 Å². The van der Waals surface area contributed by atoms with Gasteiger partial charge in [0.15, 0.2) is 0 Å². The van der Waals surface area contributed by atoms with E-state index in [0.717, 1.165) is 5.56 Å². The van der Waals surface area contributed by atoms with Crippen LogP contribution in [0.5, 0.6) is 0 Å². The fraction of sp³-hybridized carbons (Fsp3) is 0.294. The smallest absolute Gasteiger partial charge is 0.255 e. The number of benzene rings is 1. The Bertz CT molecular complexity index is 684. The summed E-state index contributed by atoms with van der Waals surface area (Å²) in [5.74, 6) is -0.0781. The van der Waals surface area contributed by atoms with Crippen LogP contribution in [0.4, 0.5) is 5.82 Å². The molecule has 1 heterocycles. The van der Waals surface area contributed by atoms with Gasteiger partial charge in [-0.2, -0.15) is 0 Å². The number of rotatable bonds is 5. The first-order valence-corrected chi connectivity index (χ1v) is 7.61. The average molecular weight is 334 g/mol. The van der Waals surface area contributed by atoms with E-state index < -0.39 is 5.60 Å². The number of aliphatic hydroxyl groups is 1. The number of halogens is 1. The highest BCUT2D eigenvalue weighted by Gasteiger charge is 2.24. The van der Waals surface area contributed by atoms with Crippen LogP contribution in [0.1, 0.15) is 29.8 Å². The molecule has 0 unspecified atom stereocenters. The van der Waals surface area contributed by atoms with Crippen molar-refractivity contribution in [1.29, 1.82) is 0 Å². The van der Waals surface area contributed by atoms with Gasteiger partial charge in [-0.05, 0) is 25.5 Å². The molecule has 3 N–H and O–H groups in total. The monoisotopic (exact) mass is 333 g/mol. The van der Waals surface area contributed by atoms with Crippen molar-refractivity contribution in [1.82, 2.24) is 9.88 Å². The zero-order valence-electron chi connectivity index (χ0n) is 13.2. The minimum absolute atomic E-state index is 0.181. The van der Waals surface area contributed by atoms with Gasteiger partial charge in [0.2, 0.25) is 0 Å². The molecule has 0 bridgehead atoms. The molecule has 0 aliphatic heterocycles. The predicted molar refractivity (Wildman–Crippen MR) is 91.1 cm³/mol. The van der Waals surface area contributed by atoms with Gasteiger partial charge in [0.25, 0.3) is 5.91 Å². The maximum absolute atomic E-state index is 12.8. The molecule has 0 saturated heterocycles. The van der Waals surface area contributed by atoms with Gasteiger partial charge >= 0.3 is 0 Å². The van der Waals surface area contributed by atoms with Crippen molar-refractivity contribution < 1.29 is 9.90 Å². The second-order valence-electron chi connectivity index (χ2n) is 6.05. The first kappa shape index (κ1) is 17.2. The largest absolute Gasteiger partial charge is 0.389 e. The van der Waals surface area contributed by atoms with Crippen molar-refractivity contribution in [2.75, 3.05) is 12.3 Å². The van der Waals surface area contributed by atoms with E-state index in [9.17, 15) is 9.90 Å². The molecule has 0 spiro atoms. The van der Waals surface area contributed by atoms with Crippen molar-refractivity contribution in [3.8, 4) is 0 Å². The van der Waals surface area contributed by atoms with Gasteiger partial charge in [0.05, 0.1) is 16.2 Å². The molecule has 23 heavy (non-hydrogen) atoms. The summed E-state index contributed by atoms with van der Waals surface area (Å²) < 4.78 is 0. The Morgan fingerprint density at radius 1 is 1.35 bits per heavy atom. The van der Waals surface area contributed by atoms with Crippen LogP contribution < -0.4 is 5.73 Å². The Kier molecular flexibility index (Phi) is 5.23. The molecule has 1 aromatic heterocycles. The van der Waals surface area contributed by atoms with Gasteiger partial charge in [0.1, 0.15) is 5.82 Å². The fourth-order valence-corrected chi connectivity index (χ4v) is 2.38. The number of nitrogens with two attached hydrogens (primary N) is 1. The Balaban J connectivity index is 2.28. The maximum atomic E-state index is 12.8. The first-order chi connectivity index (χ1) is 10.8. The summed E-state index contributed by atoms with van der Waals surface area (Å²) in [6.45, 7) is 3.88. The molecule has 0 fully saturated rings. The molecule has 122 valence electrons. The van der Waals surface area contributed by atoms with Crippen molar-refractivity contribution >= 4 is 23.3 Å². The number of nitrogens with zero attached hydrogens (tertiary/aromatic N) is 2. The lowest BCUT2D eigenvalue weighted by Gasteiger charge is -2.29. The lowest BCUT2D eigenvalue weighted by molar-refractivity contribution is 0.0280. The third-order valence-electron chi connectivity index (χ3n) is 3.20. The summed E-state index contributed by atoms with van der Waals surface area (Å²) in [5, 5.41) is 10.3. The van der Waals surface area contributed by atoms with Gasteiger partial charge in [-0.3, -0.25) is 4.79 Å². The number of carbonyl (C=O) groups is 1. The van der Waals surface area contributed by atoms with Crippen LogP contribution in [0.25, 0.3) is 0 Å². The molecule has 0 radical (unpaired) electrons. The lowest BCUT2D eigenvalue weighted by Crippen LogP contribution is -2.41. The van der Waals surface area contributed by atoms with Crippen LogP contribution >= 0.6 is 11.6 Å². The van der Waals surface area contributed by atoms with Crippen molar-refractivity contribution in [2.45, 2.75) is 26.0 Å². The van der Waals surface area contributed by atoms with E-state index in [1.807, 2.05) is 30.3 Å². The van der Waals surface area contributed by atoms with E-state index in [1.54, 1.807) is 18.7 Å². The highest BCUT2D eigenvalue weighted by molar-refractivity contribution is 6.33. The second kappa shape index (κ2) is 6.98. The van der Waals surface area contributed by atoms with E-state index in [0.29, 0.717) is 12.1 Å². The molecular formula is C17H20ClN3O2. The van der Waals surface area contributed by atoms with Gasteiger partial charge in [0, 0.05) is 19.3 Å². The molecule has 0 aliphatic carbocycles. The third-order valence-corrected chi connectivity index (χ3v) is 3.50. The minimum atomic E-state index is -1.02. The predicted octanol–water partition coefficient (Wildman–Crippen LogP) is 2.73. The Morgan fingerprint density at radius 2 is 2.00 bits per heavy atom. The van der Waals surface area contributed by atoms with Gasteiger partial charge in [-0.25, -0.2) is 4.98 Å². The second-order valence-corrected chi connectivity index (χ2v) is 6.46. The quantitative estimate of drug-likeness (QED) is 0.881. The normalized spacial score (nSPS) is 11.3. The summed E-state index contributed by atoms with van der Waals surface area (Å²) in [6.07, 6.45) is 1.39. The van der Waals surface area contributed by atoms with Crippen LogP contribution in [-0.2, 0) is 6.54 Å². The average Bonchev–Trinajstić information content (AvgIpc) is 2.48. The van der Waals surface area contributed by atoms with Crippen LogP contribution in [0.3, 0.4) is 0 Å². The first-order valence-electron chi connectivity index (χ1n) is 7.23. The van der Waals surface area contributed by atoms with E-state index in [1.165, 1.54) is 12.3 Å². The Morgan fingerprint density at radius 3 is 2.57 bits per heavy atom. The summed E-state index contributed by atoms with van der Waals surface area (Å²) in [7, 11) is 0. The van der Waals surface area contributed by atoms with Crippen LogP contribution in [0.15, 0.2) is 42.6 Å². The number of amides is 1. The van der Waals surface area contributed by atoms with E-state index in [4.69, 9.17) is 17.3 Å². The lowest BCUT2D eigenvalue weighted by atomic mass is 10.1. The van der Waals surface area contributed by atoms with E-state index in [2.05, 4.69) is 4.98 Å². The fourth-order valence-electron chi connectivity index (χ4n) is 2.22.